The Labute approximate surface area is 814 Å². The van der Waals surface area contributed by atoms with Crippen molar-refractivity contribution in [3.63, 3.8) is 0 Å². The summed E-state index contributed by atoms with van der Waals surface area (Å²) in [5.74, 6) is 2.53. The Bertz CT molecular complexity index is 10800. The summed E-state index contributed by atoms with van der Waals surface area (Å²) in [5, 5.41) is 22.6. The third kappa shape index (κ3) is 11.4. The van der Waals surface area contributed by atoms with Gasteiger partial charge in [-0.15, -0.1) is 22.7 Å². The molecule has 0 unspecified atom stereocenters. The van der Waals surface area contributed by atoms with Crippen molar-refractivity contribution < 1.29 is 0 Å². The van der Waals surface area contributed by atoms with Crippen LogP contribution in [0.15, 0.2) is 443 Å². The zero-order valence-corrected chi connectivity index (χ0v) is 77.1. The first-order valence-electron chi connectivity index (χ1n) is 48.0. The number of fused-ring (bicyclic) bond motifs is 20. The van der Waals surface area contributed by atoms with E-state index in [4.69, 9.17) is 29.9 Å². The summed E-state index contributed by atoms with van der Waals surface area (Å²) in [6.45, 7) is 0. The van der Waals surface area contributed by atoms with Gasteiger partial charge in [-0.1, -0.05) is 358 Å². The van der Waals surface area contributed by atoms with E-state index in [0.717, 1.165) is 128 Å². The molecule has 141 heavy (non-hydrogen) atoms. The molecule has 8 heterocycles. The normalized spacial score (nSPS) is 12.3. The quantitative estimate of drug-likeness (QED) is 0.148. The zero-order valence-electron chi connectivity index (χ0n) is 75.5. The summed E-state index contributed by atoms with van der Waals surface area (Å²) in [6.07, 6.45) is 0. The second-order valence-electron chi connectivity index (χ2n) is 37.2. The molecule has 3 aliphatic carbocycles. The third-order valence-corrected chi connectivity index (χ3v) is 32.1. The van der Waals surface area contributed by atoms with Crippen molar-refractivity contribution >= 4 is 205 Å². The summed E-state index contributed by atoms with van der Waals surface area (Å²) in [6, 6.07) is 160. The van der Waals surface area contributed by atoms with Crippen molar-refractivity contribution in [1.82, 2.24) is 43.6 Å². The number of nitrogens with zero attached hydrogens (tertiary/aromatic N) is 9. The maximum atomic E-state index is 5.52. The van der Waals surface area contributed by atoms with Crippen molar-refractivity contribution in [2.75, 3.05) is 0 Å². The lowest BCUT2D eigenvalue weighted by molar-refractivity contribution is 1.08. The number of thiophene rings is 2. The molecule has 0 saturated carbocycles. The highest BCUT2D eigenvalue weighted by Gasteiger charge is 2.33. The summed E-state index contributed by atoms with van der Waals surface area (Å²) in [4.78, 5) is 32.7. The highest BCUT2D eigenvalue weighted by atomic mass is 32.1. The van der Waals surface area contributed by atoms with Crippen LogP contribution in [0.25, 0.3) is 311 Å². The summed E-state index contributed by atoms with van der Waals surface area (Å²) >= 11 is 3.67. The van der Waals surface area contributed by atoms with Crippen LogP contribution in [-0.4, -0.2) is 43.6 Å². The van der Waals surface area contributed by atoms with Gasteiger partial charge in [0.2, 0.25) is 0 Å². The summed E-state index contributed by atoms with van der Waals surface area (Å²) < 4.78 is 12.2. The molecule has 0 N–H and O–H groups in total. The van der Waals surface area contributed by atoms with Gasteiger partial charge in [-0.25, -0.2) is 29.9 Å². The van der Waals surface area contributed by atoms with Crippen LogP contribution < -0.4 is 0 Å². The van der Waals surface area contributed by atoms with E-state index in [2.05, 4.69) is 432 Å². The molecular formula is C130H73N9S2. The van der Waals surface area contributed by atoms with Gasteiger partial charge in [0.1, 0.15) is 17.1 Å². The number of benzene rings is 22. The average Bonchev–Trinajstić information content (AvgIpc) is 1.54. The van der Waals surface area contributed by atoms with Gasteiger partial charge < -0.3 is 0 Å². The lowest BCUT2D eigenvalue weighted by Crippen LogP contribution is -2.04. The second-order valence-corrected chi connectivity index (χ2v) is 39.3. The monoisotopic (exact) mass is 1820 g/mol. The van der Waals surface area contributed by atoms with Gasteiger partial charge >= 0.3 is 0 Å². The predicted molar refractivity (Wildman–Crippen MR) is 592 cm³/mol. The topological polar surface area (TPSA) is 92.1 Å². The van der Waals surface area contributed by atoms with E-state index < -0.39 is 0 Å². The van der Waals surface area contributed by atoms with Crippen molar-refractivity contribution in [1.29, 1.82) is 0 Å². The maximum absolute atomic E-state index is 5.52. The fraction of sp³-hybridized carbons (Fsp3) is 0. The fourth-order valence-electron chi connectivity index (χ4n) is 23.7. The van der Waals surface area contributed by atoms with Crippen molar-refractivity contribution in [2.45, 2.75) is 0 Å². The predicted octanol–water partition coefficient (Wildman–Crippen LogP) is 35.1. The van der Waals surface area contributed by atoms with Crippen molar-refractivity contribution in [3.05, 3.63) is 443 Å². The number of hydrogen-bond donors (Lipinski definition) is 0. The summed E-state index contributed by atoms with van der Waals surface area (Å²) in [5.41, 5.74) is 35.5. The van der Waals surface area contributed by atoms with E-state index in [0.29, 0.717) is 0 Å². The van der Waals surface area contributed by atoms with Crippen LogP contribution in [-0.2, 0) is 0 Å². The van der Waals surface area contributed by atoms with E-state index in [-0.39, 0.29) is 0 Å². The van der Waals surface area contributed by atoms with E-state index in [1.54, 1.807) is 0 Å². The van der Waals surface area contributed by atoms with Gasteiger partial charge in [-0.05, 0) is 201 Å². The van der Waals surface area contributed by atoms with Crippen LogP contribution in [0.3, 0.4) is 0 Å². The smallest absolute Gasteiger partial charge is 0.165 e. The van der Waals surface area contributed by atoms with Crippen LogP contribution in [0.4, 0.5) is 0 Å². The van der Waals surface area contributed by atoms with Crippen molar-refractivity contribution in [3.8, 4) is 129 Å². The molecule has 0 saturated heterocycles. The molecule has 0 atom stereocenters. The Kier molecular flexibility index (Phi) is 16.7. The van der Waals surface area contributed by atoms with E-state index >= 15 is 0 Å². The molecule has 9 nitrogen and oxygen atoms in total. The summed E-state index contributed by atoms with van der Waals surface area (Å²) in [7, 11) is 0. The fourth-order valence-corrected chi connectivity index (χ4v) is 26.1. The zero-order chi connectivity index (χ0) is 91.9. The first-order valence-corrected chi connectivity index (χ1v) is 49.6. The number of hydrogen-bond acceptors (Lipinski definition) is 8. The Morgan fingerprint density at radius 1 is 0.163 bits per heavy atom. The Morgan fingerprint density at radius 2 is 0.489 bits per heavy atom. The van der Waals surface area contributed by atoms with Gasteiger partial charge in [-0.2, -0.15) is 0 Å². The van der Waals surface area contributed by atoms with Gasteiger partial charge in [0.15, 0.2) is 17.5 Å². The third-order valence-electron chi connectivity index (χ3n) is 29.8. The first-order chi connectivity index (χ1) is 70.0. The SMILES string of the molecule is c1ccc(-c2ccc(-c3nc4c(ccc5ccccc54)nc3-n3c4cccc5c4c4c6c(cccc6ccc43)-c3ccccc3-5)cc2)cc1.c1ccc2c(c1)-c1cccc3ccc4c(c13)c1c-2cccc1n4-c1nc2ccccc2nc1-c1ccc2c(c1)sc1ccccc12.c1ccc2c(c1)-c1cccc3ccc4c(c13)c1c-2cccc1n4-c1nc2ccccc2nc1-c1cccc2c1sc1ccccc12. The minimum absolute atomic E-state index is 0.832. The van der Waals surface area contributed by atoms with Gasteiger partial charge in [0.25, 0.3) is 0 Å². The highest BCUT2D eigenvalue weighted by molar-refractivity contribution is 7.26. The molecule has 0 radical (unpaired) electrons. The first kappa shape index (κ1) is 78.0. The molecule has 0 fully saturated rings. The lowest BCUT2D eigenvalue weighted by atomic mass is 9.93. The Morgan fingerprint density at radius 3 is 1.00 bits per heavy atom. The average molecular weight is 1830 g/mol. The molecular weight excluding hydrogens is 1750 g/mol. The number of rotatable bonds is 7. The molecule has 650 valence electrons. The van der Waals surface area contributed by atoms with Crippen molar-refractivity contribution in [2.24, 2.45) is 0 Å². The van der Waals surface area contributed by atoms with Crippen LogP contribution in [0, 0.1) is 0 Å². The molecule has 8 aromatic heterocycles. The number of aromatic nitrogens is 9. The Balaban J connectivity index is 0.0000000973. The molecule has 0 bridgehead atoms. The Hall–Kier alpha value is -18.3. The molecule has 0 aliphatic heterocycles. The van der Waals surface area contributed by atoms with E-state index in [1.165, 1.54) is 183 Å². The van der Waals surface area contributed by atoms with E-state index in [1.807, 2.05) is 46.9 Å². The molecule has 30 aromatic rings. The molecule has 3 aliphatic rings. The minimum Gasteiger partial charge on any atom is -0.292 e. The van der Waals surface area contributed by atoms with Crippen LogP contribution in [0.1, 0.15) is 0 Å². The van der Waals surface area contributed by atoms with Gasteiger partial charge in [0.05, 0.1) is 66.2 Å². The van der Waals surface area contributed by atoms with Crippen LogP contribution in [0.5, 0.6) is 0 Å². The molecule has 11 heteroatoms. The molecule has 0 amide bonds. The largest absolute Gasteiger partial charge is 0.292 e. The van der Waals surface area contributed by atoms with E-state index in [9.17, 15) is 0 Å². The number of para-hydroxylation sites is 4. The van der Waals surface area contributed by atoms with Crippen LogP contribution >= 0.6 is 22.7 Å². The maximum Gasteiger partial charge on any atom is 0.165 e. The highest BCUT2D eigenvalue weighted by Crippen LogP contribution is 2.56. The minimum atomic E-state index is 0.832. The second kappa shape index (κ2) is 30.1. The molecule has 33 rings (SSSR count). The van der Waals surface area contributed by atoms with Gasteiger partial charge in [-0.3, -0.25) is 13.7 Å². The standard InChI is InChI=1S/C46H27N3.2C42H23N3S/c1-2-10-28(11-3-1)29-20-22-32(23-21-29)44-46(47-38-26-24-30-12-4-5-14-33(30)45(38)48-44)49-39-19-9-18-37-35-16-7-6-15-34(35)36-17-8-13-31-25-27-40(49)43(41(31)36)42(37)39;1-2-12-26-25(11-1)28-14-7-10-24-22-23-35-39(37(24)28)38-29(26)15-9-20-34(38)45(35)42-40(43-32-18-4-5-19-33(32)44-42)31-17-8-16-30-27-13-3-6-21-36(27)46-41(30)31;1-2-11-27-26(10-1)30-13-7-9-24-20-22-35-40(38(24)30)39-31(27)14-8-17-34(39)45(35)42-41(43-32-15-4-5-16-33(32)44-42)25-19-21-29-28-12-3-6-18-36(28)46-37(29)23-25/h1-27H;2*1-23H. The molecule has 0 spiro atoms. The van der Waals surface area contributed by atoms with Gasteiger partial charge in [0, 0.05) is 94.7 Å². The lowest BCUT2D eigenvalue weighted by Gasteiger charge is -2.16. The molecule has 22 aromatic carbocycles. The van der Waals surface area contributed by atoms with Crippen LogP contribution in [0.2, 0.25) is 0 Å².